The maximum absolute atomic E-state index is 10.0. The molecule has 1 rings (SSSR count). The summed E-state index contributed by atoms with van der Waals surface area (Å²) in [6, 6.07) is 9.53. The van der Waals surface area contributed by atoms with Crippen LogP contribution in [-0.4, -0.2) is 16.8 Å². The average Bonchev–Trinajstić information content (AvgIpc) is 2.16. The third kappa shape index (κ3) is 2.83. The zero-order valence-electron chi connectivity index (χ0n) is 7.90. The van der Waals surface area contributed by atoms with Crippen molar-refractivity contribution in [3.8, 4) is 0 Å². The summed E-state index contributed by atoms with van der Waals surface area (Å²) in [5.41, 5.74) is 0.0905. The highest BCUT2D eigenvalue weighted by Crippen LogP contribution is 2.24. The molecule has 0 bridgehead atoms. The van der Waals surface area contributed by atoms with E-state index < -0.39 is 5.60 Å². The molecule has 0 unspecified atom stereocenters. The van der Waals surface area contributed by atoms with E-state index in [-0.39, 0.29) is 6.61 Å². The van der Waals surface area contributed by atoms with Gasteiger partial charge in [0.1, 0.15) is 0 Å². The fourth-order valence-electron chi connectivity index (χ4n) is 1.36. The van der Waals surface area contributed by atoms with Gasteiger partial charge in [0.2, 0.25) is 0 Å². The molecule has 1 atom stereocenters. The lowest BCUT2D eigenvalue weighted by Crippen LogP contribution is -2.21. The van der Waals surface area contributed by atoms with Crippen LogP contribution < -0.4 is 0 Å². The summed E-state index contributed by atoms with van der Waals surface area (Å²) in [5, 5.41) is 18.7. The second kappa shape index (κ2) is 4.40. The van der Waals surface area contributed by atoms with Gasteiger partial charge in [0.25, 0.3) is 0 Å². The van der Waals surface area contributed by atoms with E-state index >= 15 is 0 Å². The number of hydrogen-bond donors (Lipinski definition) is 2. The van der Waals surface area contributed by atoms with Crippen molar-refractivity contribution in [1.82, 2.24) is 0 Å². The maximum Gasteiger partial charge on any atom is 0.0869 e. The van der Waals surface area contributed by atoms with E-state index in [9.17, 15) is 5.11 Å². The Morgan fingerprint density at radius 1 is 1.23 bits per heavy atom. The van der Waals surface area contributed by atoms with E-state index in [4.69, 9.17) is 5.11 Å². The van der Waals surface area contributed by atoms with Crippen molar-refractivity contribution in [2.75, 3.05) is 6.61 Å². The molecule has 2 nitrogen and oxygen atoms in total. The summed E-state index contributed by atoms with van der Waals surface area (Å²) in [6.45, 7) is 1.90. The molecule has 0 aliphatic heterocycles. The molecule has 0 saturated carbocycles. The first-order valence-corrected chi connectivity index (χ1v) is 4.55. The van der Waals surface area contributed by atoms with Gasteiger partial charge in [-0.25, -0.2) is 0 Å². The molecule has 0 radical (unpaired) electrons. The second-order valence-corrected chi connectivity index (χ2v) is 3.47. The van der Waals surface area contributed by atoms with Crippen molar-refractivity contribution in [3.05, 3.63) is 35.9 Å². The molecule has 1 aromatic rings. The Kier molecular flexibility index (Phi) is 3.46. The van der Waals surface area contributed by atoms with E-state index in [1.54, 1.807) is 6.92 Å². The standard InChI is InChI=1S/C11H16O2/c1-11(13,8-5-9-12)10-6-3-2-4-7-10/h2-4,6-7,12-13H,5,8-9H2,1H3/t11-/m0/s1. The van der Waals surface area contributed by atoms with E-state index in [0.717, 1.165) is 5.56 Å². The molecule has 13 heavy (non-hydrogen) atoms. The van der Waals surface area contributed by atoms with Crippen LogP contribution in [0.4, 0.5) is 0 Å². The number of aliphatic hydroxyl groups excluding tert-OH is 1. The molecule has 0 spiro atoms. The van der Waals surface area contributed by atoms with Crippen LogP contribution in [0.1, 0.15) is 25.3 Å². The highest BCUT2D eigenvalue weighted by molar-refractivity contribution is 5.21. The molecule has 0 saturated heterocycles. The third-order valence-corrected chi connectivity index (χ3v) is 2.22. The average molecular weight is 180 g/mol. The van der Waals surface area contributed by atoms with Crippen molar-refractivity contribution in [1.29, 1.82) is 0 Å². The van der Waals surface area contributed by atoms with Crippen LogP contribution in [0.25, 0.3) is 0 Å². The van der Waals surface area contributed by atoms with Crippen molar-refractivity contribution >= 4 is 0 Å². The molecule has 0 amide bonds. The van der Waals surface area contributed by atoms with Crippen LogP contribution in [0.15, 0.2) is 30.3 Å². The minimum Gasteiger partial charge on any atom is -0.396 e. The van der Waals surface area contributed by atoms with Gasteiger partial charge in [-0.2, -0.15) is 0 Å². The van der Waals surface area contributed by atoms with Crippen molar-refractivity contribution in [2.24, 2.45) is 0 Å². The zero-order chi connectivity index (χ0) is 9.73. The zero-order valence-corrected chi connectivity index (χ0v) is 7.90. The Labute approximate surface area is 78.8 Å². The molecule has 2 heteroatoms. The summed E-state index contributed by atoms with van der Waals surface area (Å²) < 4.78 is 0. The predicted molar refractivity (Wildman–Crippen MR) is 52.3 cm³/mol. The van der Waals surface area contributed by atoms with Crippen molar-refractivity contribution in [3.63, 3.8) is 0 Å². The molecule has 0 heterocycles. The molecule has 0 aromatic heterocycles. The van der Waals surface area contributed by atoms with Crippen LogP contribution in [-0.2, 0) is 5.60 Å². The molecule has 0 fully saturated rings. The minimum absolute atomic E-state index is 0.128. The van der Waals surface area contributed by atoms with Gasteiger partial charge in [0.15, 0.2) is 0 Å². The number of aliphatic hydroxyl groups is 2. The van der Waals surface area contributed by atoms with E-state index in [0.29, 0.717) is 12.8 Å². The van der Waals surface area contributed by atoms with Gasteiger partial charge >= 0.3 is 0 Å². The molecular formula is C11H16O2. The van der Waals surface area contributed by atoms with Crippen LogP contribution in [0.5, 0.6) is 0 Å². The normalized spacial score (nSPS) is 15.3. The summed E-state index contributed by atoms with van der Waals surface area (Å²) in [7, 11) is 0. The monoisotopic (exact) mass is 180 g/mol. The van der Waals surface area contributed by atoms with E-state index in [1.807, 2.05) is 30.3 Å². The van der Waals surface area contributed by atoms with Gasteiger partial charge in [0, 0.05) is 6.61 Å². The largest absolute Gasteiger partial charge is 0.396 e. The summed E-state index contributed by atoms with van der Waals surface area (Å²) in [5.74, 6) is 0. The Balaban J connectivity index is 2.69. The quantitative estimate of drug-likeness (QED) is 0.740. The number of hydrogen-bond acceptors (Lipinski definition) is 2. The van der Waals surface area contributed by atoms with Crippen molar-refractivity contribution < 1.29 is 10.2 Å². The highest BCUT2D eigenvalue weighted by atomic mass is 16.3. The van der Waals surface area contributed by atoms with Crippen LogP contribution in [0, 0.1) is 0 Å². The molecule has 2 N–H and O–H groups in total. The fourth-order valence-corrected chi connectivity index (χ4v) is 1.36. The summed E-state index contributed by atoms with van der Waals surface area (Å²) >= 11 is 0. The SMILES string of the molecule is C[C@](O)(CCCO)c1ccccc1. The lowest BCUT2D eigenvalue weighted by atomic mass is 9.91. The van der Waals surface area contributed by atoms with Crippen LogP contribution in [0.3, 0.4) is 0 Å². The molecular weight excluding hydrogens is 164 g/mol. The predicted octanol–water partition coefficient (Wildman–Crippen LogP) is 1.67. The molecule has 1 aromatic carbocycles. The van der Waals surface area contributed by atoms with Gasteiger partial charge in [-0.15, -0.1) is 0 Å². The van der Waals surface area contributed by atoms with Crippen LogP contribution >= 0.6 is 0 Å². The number of benzene rings is 1. The Morgan fingerprint density at radius 3 is 2.38 bits per heavy atom. The maximum atomic E-state index is 10.0. The summed E-state index contributed by atoms with van der Waals surface area (Å²) in [4.78, 5) is 0. The first-order chi connectivity index (χ1) is 6.17. The first kappa shape index (κ1) is 10.2. The summed E-state index contributed by atoms with van der Waals surface area (Å²) in [6.07, 6.45) is 1.22. The van der Waals surface area contributed by atoms with Gasteiger partial charge < -0.3 is 10.2 Å². The fraction of sp³-hybridized carbons (Fsp3) is 0.455. The first-order valence-electron chi connectivity index (χ1n) is 4.55. The lowest BCUT2D eigenvalue weighted by molar-refractivity contribution is 0.0403. The van der Waals surface area contributed by atoms with E-state index in [1.165, 1.54) is 0 Å². The molecule has 0 aliphatic rings. The minimum atomic E-state index is -0.815. The van der Waals surface area contributed by atoms with Gasteiger partial charge in [-0.1, -0.05) is 30.3 Å². The molecule has 0 aliphatic carbocycles. The smallest absolute Gasteiger partial charge is 0.0869 e. The third-order valence-electron chi connectivity index (χ3n) is 2.22. The highest BCUT2D eigenvalue weighted by Gasteiger charge is 2.21. The van der Waals surface area contributed by atoms with Gasteiger partial charge in [0.05, 0.1) is 5.60 Å². The number of rotatable bonds is 4. The lowest BCUT2D eigenvalue weighted by Gasteiger charge is -2.23. The Bertz CT molecular complexity index is 242. The Morgan fingerprint density at radius 2 is 1.85 bits per heavy atom. The van der Waals surface area contributed by atoms with Crippen LogP contribution in [0.2, 0.25) is 0 Å². The Hall–Kier alpha value is -0.860. The van der Waals surface area contributed by atoms with Gasteiger partial charge in [-0.05, 0) is 25.3 Å². The topological polar surface area (TPSA) is 40.5 Å². The van der Waals surface area contributed by atoms with E-state index in [2.05, 4.69) is 0 Å². The van der Waals surface area contributed by atoms with Gasteiger partial charge in [-0.3, -0.25) is 0 Å². The second-order valence-electron chi connectivity index (χ2n) is 3.47. The molecule has 72 valence electrons. The van der Waals surface area contributed by atoms with Crippen molar-refractivity contribution in [2.45, 2.75) is 25.4 Å².